The van der Waals surface area contributed by atoms with Crippen molar-refractivity contribution in [2.24, 2.45) is 11.7 Å². The van der Waals surface area contributed by atoms with Gasteiger partial charge in [0.25, 0.3) is 0 Å². The zero-order valence-corrected chi connectivity index (χ0v) is 10.1. The normalized spacial score (nSPS) is 19.2. The Morgan fingerprint density at radius 1 is 1.31 bits per heavy atom. The Morgan fingerprint density at radius 3 is 2.00 bits per heavy atom. The summed E-state index contributed by atoms with van der Waals surface area (Å²) in [6, 6.07) is 0.271. The van der Waals surface area contributed by atoms with Crippen LogP contribution < -0.4 is 5.73 Å². The molecule has 2 unspecified atom stereocenters. The molecule has 0 aromatic carbocycles. The lowest BCUT2D eigenvalue weighted by Gasteiger charge is -2.41. The van der Waals surface area contributed by atoms with Crippen LogP contribution in [0.2, 0.25) is 0 Å². The first kappa shape index (κ1) is 12.9. The largest absolute Gasteiger partial charge is 0.326 e. The molecule has 0 amide bonds. The molecule has 80 valence electrons. The van der Waals surface area contributed by atoms with Crippen LogP contribution in [-0.2, 0) is 0 Å². The number of likely N-dealkylation sites (N-methyl/N-ethyl adjacent to an activating group) is 1. The van der Waals surface area contributed by atoms with Gasteiger partial charge in [0, 0.05) is 11.6 Å². The number of hydrogen-bond acceptors (Lipinski definition) is 2. The summed E-state index contributed by atoms with van der Waals surface area (Å²) in [5.41, 5.74) is 6.37. The van der Waals surface area contributed by atoms with Crippen molar-refractivity contribution in [3.63, 3.8) is 0 Å². The highest BCUT2D eigenvalue weighted by Crippen LogP contribution is 2.23. The Morgan fingerprint density at radius 2 is 1.77 bits per heavy atom. The van der Waals surface area contributed by atoms with Crippen molar-refractivity contribution in [2.75, 3.05) is 14.1 Å². The van der Waals surface area contributed by atoms with Crippen molar-refractivity contribution < 1.29 is 0 Å². The molecular formula is C11H26N2. The van der Waals surface area contributed by atoms with E-state index in [1.54, 1.807) is 0 Å². The summed E-state index contributed by atoms with van der Waals surface area (Å²) >= 11 is 0. The van der Waals surface area contributed by atoms with Crippen molar-refractivity contribution in [3.8, 4) is 0 Å². The van der Waals surface area contributed by atoms with Crippen LogP contribution in [0, 0.1) is 5.92 Å². The highest BCUT2D eigenvalue weighted by atomic mass is 15.2. The summed E-state index contributed by atoms with van der Waals surface area (Å²) in [7, 11) is 4.23. The Kier molecular flexibility index (Phi) is 4.93. The van der Waals surface area contributed by atoms with Gasteiger partial charge in [-0.25, -0.2) is 0 Å². The molecule has 0 aliphatic heterocycles. The molecule has 0 saturated heterocycles. The van der Waals surface area contributed by atoms with Crippen molar-refractivity contribution in [1.29, 1.82) is 0 Å². The summed E-state index contributed by atoms with van der Waals surface area (Å²) in [6.07, 6.45) is 2.20. The van der Waals surface area contributed by atoms with Gasteiger partial charge in [-0.2, -0.15) is 0 Å². The lowest BCUT2D eigenvalue weighted by molar-refractivity contribution is 0.121. The van der Waals surface area contributed by atoms with Crippen LogP contribution in [0.1, 0.15) is 40.5 Å². The molecular weight excluding hydrogens is 160 g/mol. The van der Waals surface area contributed by atoms with E-state index in [1.165, 1.54) is 0 Å². The maximum Gasteiger partial charge on any atom is 0.0323 e. The standard InChI is InChI=1S/C11H26N2/c1-7-11(4,13(5)6)10(12)8-9(2)3/h9-10H,7-8,12H2,1-6H3. The number of nitrogens with zero attached hydrogens (tertiary/aromatic N) is 1. The van der Waals surface area contributed by atoms with Crippen LogP contribution in [0.5, 0.6) is 0 Å². The third-order valence-corrected chi connectivity index (χ3v) is 3.26. The molecule has 2 N–H and O–H groups in total. The van der Waals surface area contributed by atoms with E-state index in [9.17, 15) is 0 Å². The van der Waals surface area contributed by atoms with Gasteiger partial charge in [-0.3, -0.25) is 0 Å². The molecule has 0 bridgehead atoms. The van der Waals surface area contributed by atoms with Gasteiger partial charge in [0.1, 0.15) is 0 Å². The minimum Gasteiger partial charge on any atom is -0.326 e. The molecule has 0 aliphatic carbocycles. The summed E-state index contributed by atoms with van der Waals surface area (Å²) in [6.45, 7) is 8.91. The maximum atomic E-state index is 6.22. The van der Waals surface area contributed by atoms with Gasteiger partial charge in [0.15, 0.2) is 0 Å². The Balaban J connectivity index is 4.38. The van der Waals surface area contributed by atoms with Gasteiger partial charge in [-0.05, 0) is 39.8 Å². The lowest BCUT2D eigenvalue weighted by atomic mass is 9.84. The summed E-state index contributed by atoms with van der Waals surface area (Å²) in [5, 5.41) is 0. The molecule has 13 heavy (non-hydrogen) atoms. The van der Waals surface area contributed by atoms with Crippen molar-refractivity contribution >= 4 is 0 Å². The number of hydrogen-bond donors (Lipinski definition) is 1. The summed E-state index contributed by atoms with van der Waals surface area (Å²) < 4.78 is 0. The van der Waals surface area contributed by atoms with Crippen molar-refractivity contribution in [3.05, 3.63) is 0 Å². The molecule has 0 heterocycles. The van der Waals surface area contributed by atoms with Gasteiger partial charge in [0.05, 0.1) is 0 Å². The van der Waals surface area contributed by atoms with Crippen LogP contribution in [-0.4, -0.2) is 30.6 Å². The quantitative estimate of drug-likeness (QED) is 0.712. The number of nitrogens with two attached hydrogens (primary N) is 1. The third-order valence-electron chi connectivity index (χ3n) is 3.26. The van der Waals surface area contributed by atoms with E-state index in [4.69, 9.17) is 5.73 Å². The van der Waals surface area contributed by atoms with Crippen molar-refractivity contribution in [2.45, 2.75) is 52.1 Å². The molecule has 0 rings (SSSR count). The fraction of sp³-hybridized carbons (Fsp3) is 1.00. The van der Waals surface area contributed by atoms with Crippen LogP contribution in [0.3, 0.4) is 0 Å². The van der Waals surface area contributed by atoms with Crippen LogP contribution in [0.4, 0.5) is 0 Å². The monoisotopic (exact) mass is 186 g/mol. The maximum absolute atomic E-state index is 6.22. The topological polar surface area (TPSA) is 29.3 Å². The molecule has 0 aromatic heterocycles. The zero-order chi connectivity index (χ0) is 10.6. The van der Waals surface area contributed by atoms with Gasteiger partial charge in [-0.15, -0.1) is 0 Å². The summed E-state index contributed by atoms with van der Waals surface area (Å²) in [5.74, 6) is 0.681. The number of rotatable bonds is 5. The Labute approximate surface area is 83.5 Å². The minimum absolute atomic E-state index is 0.143. The van der Waals surface area contributed by atoms with E-state index in [0.717, 1.165) is 12.8 Å². The van der Waals surface area contributed by atoms with E-state index in [-0.39, 0.29) is 11.6 Å². The van der Waals surface area contributed by atoms with Crippen LogP contribution >= 0.6 is 0 Å². The van der Waals surface area contributed by atoms with E-state index >= 15 is 0 Å². The average Bonchev–Trinajstić information content (AvgIpc) is 2.01. The lowest BCUT2D eigenvalue weighted by Crippen LogP contribution is -2.55. The molecule has 0 aliphatic rings. The van der Waals surface area contributed by atoms with E-state index < -0.39 is 0 Å². The SMILES string of the molecule is CCC(C)(C(N)CC(C)C)N(C)C. The smallest absolute Gasteiger partial charge is 0.0323 e. The third kappa shape index (κ3) is 3.28. The molecule has 0 saturated carbocycles. The molecule has 0 spiro atoms. The predicted molar refractivity (Wildman–Crippen MR) is 59.8 cm³/mol. The highest BCUT2D eigenvalue weighted by molar-refractivity contribution is 4.92. The van der Waals surface area contributed by atoms with Gasteiger partial charge >= 0.3 is 0 Å². The molecule has 2 heteroatoms. The predicted octanol–water partition coefficient (Wildman–Crippen LogP) is 2.09. The van der Waals surface area contributed by atoms with Crippen molar-refractivity contribution in [1.82, 2.24) is 4.90 Å². The first-order valence-electron chi connectivity index (χ1n) is 5.27. The Bertz CT molecular complexity index is 143. The zero-order valence-electron chi connectivity index (χ0n) is 10.1. The average molecular weight is 186 g/mol. The van der Waals surface area contributed by atoms with Crippen LogP contribution in [0.25, 0.3) is 0 Å². The van der Waals surface area contributed by atoms with E-state index in [0.29, 0.717) is 5.92 Å². The minimum atomic E-state index is 0.143. The Hall–Kier alpha value is -0.0800. The first-order chi connectivity index (χ1) is 5.84. The van der Waals surface area contributed by atoms with E-state index in [2.05, 4.69) is 46.7 Å². The van der Waals surface area contributed by atoms with Gasteiger partial charge in [0.2, 0.25) is 0 Å². The molecule has 0 radical (unpaired) electrons. The summed E-state index contributed by atoms with van der Waals surface area (Å²) in [4.78, 5) is 2.25. The second-order valence-corrected chi connectivity index (χ2v) is 4.84. The van der Waals surface area contributed by atoms with Crippen LogP contribution in [0.15, 0.2) is 0 Å². The molecule has 0 fully saturated rings. The first-order valence-corrected chi connectivity index (χ1v) is 5.27. The second-order valence-electron chi connectivity index (χ2n) is 4.84. The highest BCUT2D eigenvalue weighted by Gasteiger charge is 2.32. The van der Waals surface area contributed by atoms with Gasteiger partial charge < -0.3 is 10.6 Å². The molecule has 2 atom stereocenters. The van der Waals surface area contributed by atoms with E-state index in [1.807, 2.05) is 0 Å². The molecule has 0 aromatic rings. The fourth-order valence-electron chi connectivity index (χ4n) is 1.67. The molecule has 2 nitrogen and oxygen atoms in total. The van der Waals surface area contributed by atoms with Gasteiger partial charge in [-0.1, -0.05) is 20.8 Å². The fourth-order valence-corrected chi connectivity index (χ4v) is 1.67. The second kappa shape index (κ2) is 4.97.